The zero-order valence-corrected chi connectivity index (χ0v) is 18.1. The Morgan fingerprint density at radius 3 is 2.53 bits per heavy atom. The number of benzene rings is 1. The molecule has 1 saturated heterocycles. The van der Waals surface area contributed by atoms with Gasteiger partial charge < -0.3 is 15.4 Å². The van der Waals surface area contributed by atoms with Crippen molar-refractivity contribution in [2.75, 3.05) is 6.54 Å². The van der Waals surface area contributed by atoms with E-state index in [0.717, 1.165) is 6.07 Å². The standard InChI is InChI=1S/C20H18F3N5O5S/c21-20(22,23)13-5-11(27-4-3-26-10-27)1-2-15(13)34(32,33)12-6-14(17(29)30)28(8-12)16-7-19(16,9-24)18(25)31/h1-5,10,12,14,16H,6-8H2,(H2,25,31)(H,29,30)/t12-,14+,16?,19?/m1/s1. The molecule has 180 valence electrons. The van der Waals surface area contributed by atoms with Gasteiger partial charge in [-0.1, -0.05) is 0 Å². The number of hydrogen-bond acceptors (Lipinski definition) is 7. The number of sulfone groups is 1. The van der Waals surface area contributed by atoms with Crippen molar-refractivity contribution in [1.29, 1.82) is 5.26 Å². The van der Waals surface area contributed by atoms with Gasteiger partial charge in [0.05, 0.1) is 28.1 Å². The van der Waals surface area contributed by atoms with Crippen LogP contribution < -0.4 is 5.73 Å². The average Bonchev–Trinajstić information content (AvgIpc) is 3.11. The molecular formula is C20H18F3N5O5S. The van der Waals surface area contributed by atoms with Gasteiger partial charge in [-0.3, -0.25) is 14.5 Å². The van der Waals surface area contributed by atoms with Crippen LogP contribution in [0, 0.1) is 16.7 Å². The summed E-state index contributed by atoms with van der Waals surface area (Å²) in [4.78, 5) is 27.5. The Morgan fingerprint density at radius 1 is 1.32 bits per heavy atom. The number of alkyl halides is 3. The summed E-state index contributed by atoms with van der Waals surface area (Å²) in [6, 6.07) is 2.14. The average molecular weight is 497 g/mol. The zero-order chi connectivity index (χ0) is 25.1. The topological polar surface area (TPSA) is 159 Å². The van der Waals surface area contributed by atoms with Crippen molar-refractivity contribution in [1.82, 2.24) is 14.5 Å². The maximum Gasteiger partial charge on any atom is 0.417 e. The third kappa shape index (κ3) is 3.70. The monoisotopic (exact) mass is 497 g/mol. The minimum absolute atomic E-state index is 0.0403. The molecule has 3 N–H and O–H groups in total. The molecule has 2 aromatic rings. The molecule has 10 nitrogen and oxygen atoms in total. The quantitative estimate of drug-likeness (QED) is 0.597. The molecule has 1 aromatic carbocycles. The van der Waals surface area contributed by atoms with Crippen molar-refractivity contribution >= 4 is 21.7 Å². The van der Waals surface area contributed by atoms with E-state index in [1.54, 1.807) is 6.07 Å². The number of carboxylic acid groups (broad SMARTS) is 1. The van der Waals surface area contributed by atoms with Crippen LogP contribution in [0.4, 0.5) is 13.2 Å². The largest absolute Gasteiger partial charge is 0.480 e. The van der Waals surface area contributed by atoms with Gasteiger partial charge in [0.2, 0.25) is 5.91 Å². The third-order valence-electron chi connectivity index (χ3n) is 6.37. The molecule has 4 rings (SSSR count). The number of aliphatic carboxylic acids is 1. The fourth-order valence-corrected chi connectivity index (χ4v) is 6.36. The highest BCUT2D eigenvalue weighted by atomic mass is 32.2. The fourth-order valence-electron chi connectivity index (χ4n) is 4.46. The Hall–Kier alpha value is -3.44. The molecule has 14 heteroatoms. The van der Waals surface area contributed by atoms with Gasteiger partial charge in [0, 0.05) is 30.7 Å². The summed E-state index contributed by atoms with van der Waals surface area (Å²) in [5.74, 6) is -2.38. The van der Waals surface area contributed by atoms with Gasteiger partial charge >= 0.3 is 12.1 Å². The molecule has 4 atom stereocenters. The van der Waals surface area contributed by atoms with E-state index in [-0.39, 0.29) is 12.1 Å². The Kier molecular flexibility index (Phi) is 5.45. The van der Waals surface area contributed by atoms with Gasteiger partial charge in [-0.2, -0.15) is 18.4 Å². The van der Waals surface area contributed by atoms with Crippen LogP contribution in [-0.2, 0) is 25.6 Å². The molecule has 1 aliphatic heterocycles. The number of carboxylic acids is 1. The molecule has 2 heterocycles. The summed E-state index contributed by atoms with van der Waals surface area (Å²) in [6.45, 7) is -0.457. The lowest BCUT2D eigenvalue weighted by Crippen LogP contribution is -2.42. The van der Waals surface area contributed by atoms with Crippen LogP contribution in [0.5, 0.6) is 0 Å². The lowest BCUT2D eigenvalue weighted by atomic mass is 10.1. The normalized spacial score (nSPS) is 27.3. The van der Waals surface area contributed by atoms with Gasteiger partial charge in [0.1, 0.15) is 6.04 Å². The molecule has 1 aliphatic carbocycles. The first kappa shape index (κ1) is 23.7. The molecule has 2 aliphatic rings. The van der Waals surface area contributed by atoms with Crippen LogP contribution in [0.2, 0.25) is 0 Å². The number of likely N-dealkylation sites (tertiary alicyclic amines) is 1. The summed E-state index contributed by atoms with van der Waals surface area (Å²) in [5.41, 5.74) is 2.26. The number of nitrogens with two attached hydrogens (primary N) is 1. The van der Waals surface area contributed by atoms with Crippen LogP contribution in [0.1, 0.15) is 18.4 Å². The molecule has 2 fully saturated rings. The third-order valence-corrected chi connectivity index (χ3v) is 8.55. The van der Waals surface area contributed by atoms with Gasteiger partial charge in [-0.25, -0.2) is 13.4 Å². The highest BCUT2D eigenvalue weighted by Crippen LogP contribution is 2.51. The second-order valence-corrected chi connectivity index (χ2v) is 10.5. The van der Waals surface area contributed by atoms with E-state index in [2.05, 4.69) is 4.98 Å². The summed E-state index contributed by atoms with van der Waals surface area (Å²) in [6.07, 6.45) is -1.60. The number of amides is 1. The molecule has 2 unspecified atom stereocenters. The summed E-state index contributed by atoms with van der Waals surface area (Å²) in [5, 5.41) is 17.4. The van der Waals surface area contributed by atoms with Gasteiger partial charge in [0.25, 0.3) is 0 Å². The molecule has 1 saturated carbocycles. The van der Waals surface area contributed by atoms with E-state index < -0.39 is 74.1 Å². The Labute approximate surface area is 191 Å². The maximum absolute atomic E-state index is 13.9. The van der Waals surface area contributed by atoms with Crippen LogP contribution in [0.25, 0.3) is 5.69 Å². The van der Waals surface area contributed by atoms with Crippen molar-refractivity contribution < 1.29 is 36.3 Å². The van der Waals surface area contributed by atoms with Crippen molar-refractivity contribution in [2.45, 2.75) is 41.2 Å². The minimum atomic E-state index is -5.01. The van der Waals surface area contributed by atoms with Crippen molar-refractivity contribution in [3.63, 3.8) is 0 Å². The second-order valence-electron chi connectivity index (χ2n) is 8.27. The van der Waals surface area contributed by atoms with E-state index in [0.29, 0.717) is 6.07 Å². The van der Waals surface area contributed by atoms with E-state index in [4.69, 9.17) is 5.73 Å². The Bertz CT molecular complexity index is 1300. The number of rotatable bonds is 6. The molecule has 1 aromatic heterocycles. The number of carbonyl (C=O) groups excluding carboxylic acids is 1. The zero-order valence-electron chi connectivity index (χ0n) is 17.3. The van der Waals surface area contributed by atoms with Crippen molar-refractivity contribution in [2.24, 2.45) is 11.1 Å². The predicted molar refractivity (Wildman–Crippen MR) is 108 cm³/mol. The molecule has 1 amide bonds. The minimum Gasteiger partial charge on any atom is -0.480 e. The van der Waals surface area contributed by atoms with Crippen LogP contribution in [0.15, 0.2) is 41.8 Å². The summed E-state index contributed by atoms with van der Waals surface area (Å²) >= 11 is 0. The van der Waals surface area contributed by atoms with Crippen molar-refractivity contribution in [3.8, 4) is 11.8 Å². The lowest BCUT2D eigenvalue weighted by molar-refractivity contribution is -0.143. The highest BCUT2D eigenvalue weighted by molar-refractivity contribution is 7.92. The summed E-state index contributed by atoms with van der Waals surface area (Å²) < 4.78 is 69.5. The fraction of sp³-hybridized carbons (Fsp3) is 0.400. The number of primary amides is 1. The second kappa shape index (κ2) is 7.81. The summed E-state index contributed by atoms with van der Waals surface area (Å²) in [7, 11) is -4.66. The van der Waals surface area contributed by atoms with Crippen LogP contribution >= 0.6 is 0 Å². The molecule has 0 bridgehead atoms. The van der Waals surface area contributed by atoms with Gasteiger partial charge in [-0.05, 0) is 31.0 Å². The molecule has 0 radical (unpaired) electrons. The Morgan fingerprint density at radius 2 is 2.03 bits per heavy atom. The predicted octanol–water partition coefficient (Wildman–Crippen LogP) is 0.960. The van der Waals surface area contributed by atoms with Gasteiger partial charge in [-0.15, -0.1) is 0 Å². The van der Waals surface area contributed by atoms with Crippen LogP contribution in [-0.4, -0.2) is 63.7 Å². The van der Waals surface area contributed by atoms with Gasteiger partial charge in [0.15, 0.2) is 15.3 Å². The highest BCUT2D eigenvalue weighted by Gasteiger charge is 2.66. The molecule has 34 heavy (non-hydrogen) atoms. The SMILES string of the molecule is N#CC1(C(N)=O)CC1N1C[C@H](S(=O)(=O)c2ccc(-n3ccnc3)cc2C(F)(F)F)C[C@H]1C(=O)O. The molecule has 0 spiro atoms. The number of imidazole rings is 1. The number of aromatic nitrogens is 2. The van der Waals surface area contributed by atoms with E-state index in [1.807, 2.05) is 0 Å². The first-order chi connectivity index (χ1) is 15.8. The Balaban J connectivity index is 1.72. The number of nitrogens with zero attached hydrogens (tertiary/aromatic N) is 4. The lowest BCUT2D eigenvalue weighted by Gasteiger charge is -2.22. The first-order valence-corrected chi connectivity index (χ1v) is 11.5. The number of nitriles is 1. The number of carbonyl (C=O) groups is 2. The van der Waals surface area contributed by atoms with Crippen LogP contribution in [0.3, 0.4) is 0 Å². The number of halogens is 3. The number of hydrogen-bond donors (Lipinski definition) is 2. The van der Waals surface area contributed by atoms with Crippen molar-refractivity contribution in [3.05, 3.63) is 42.5 Å². The molecular weight excluding hydrogens is 479 g/mol. The van der Waals surface area contributed by atoms with E-state index in [1.165, 1.54) is 34.3 Å². The maximum atomic E-state index is 13.9. The first-order valence-electron chi connectivity index (χ1n) is 9.96. The van der Waals surface area contributed by atoms with E-state index >= 15 is 0 Å². The van der Waals surface area contributed by atoms with E-state index in [9.17, 15) is 41.5 Å². The smallest absolute Gasteiger partial charge is 0.417 e.